The van der Waals surface area contributed by atoms with E-state index in [2.05, 4.69) is 6.07 Å². The van der Waals surface area contributed by atoms with Gasteiger partial charge >= 0.3 is 6.18 Å². The molecule has 0 saturated carbocycles. The highest BCUT2D eigenvalue weighted by atomic mass is 19.4. The van der Waals surface area contributed by atoms with Gasteiger partial charge in [-0.2, -0.15) is 13.2 Å². The molecule has 0 saturated heterocycles. The molecule has 4 rings (SSSR count). The average Bonchev–Trinajstić information content (AvgIpc) is 3.01. The molecular formula is C22H15F4N2O2. The molecule has 1 radical (unpaired) electrons. The molecule has 1 amide bonds. The second-order valence-corrected chi connectivity index (χ2v) is 6.89. The molecule has 0 bridgehead atoms. The van der Waals surface area contributed by atoms with Crippen LogP contribution in [-0.4, -0.2) is 15.6 Å². The van der Waals surface area contributed by atoms with E-state index in [0.717, 1.165) is 12.1 Å². The number of alkyl halides is 3. The normalized spacial score (nSPS) is 12.0. The number of carbonyl (C=O) groups excluding carboxylic acids is 1. The van der Waals surface area contributed by atoms with Crippen LogP contribution in [0.2, 0.25) is 0 Å². The van der Waals surface area contributed by atoms with E-state index in [4.69, 9.17) is 5.73 Å². The highest BCUT2D eigenvalue weighted by molar-refractivity contribution is 6.17. The van der Waals surface area contributed by atoms with Gasteiger partial charge in [0.1, 0.15) is 5.82 Å². The van der Waals surface area contributed by atoms with Gasteiger partial charge in [-0.1, -0.05) is 12.1 Å². The van der Waals surface area contributed by atoms with Gasteiger partial charge in [-0.3, -0.25) is 4.79 Å². The molecule has 0 unspecified atom stereocenters. The molecule has 1 heterocycles. The van der Waals surface area contributed by atoms with Crippen LogP contribution in [0.4, 0.5) is 17.6 Å². The lowest BCUT2D eigenvalue weighted by Crippen LogP contribution is -2.11. The molecule has 0 atom stereocenters. The SMILES string of the molecule is NC(=O)c1cccc2c1c1[c]cc(CO)cc1n2Cc1ccc(F)c(C(F)(F)F)c1. The summed E-state index contributed by atoms with van der Waals surface area (Å²) >= 11 is 0. The van der Waals surface area contributed by atoms with E-state index in [1.807, 2.05) is 0 Å². The molecule has 0 fully saturated rings. The zero-order valence-corrected chi connectivity index (χ0v) is 15.4. The lowest BCUT2D eigenvalue weighted by atomic mass is 10.0. The number of amides is 1. The Morgan fingerprint density at radius 2 is 1.87 bits per heavy atom. The van der Waals surface area contributed by atoms with Crippen molar-refractivity contribution in [3.05, 3.63) is 82.7 Å². The second-order valence-electron chi connectivity index (χ2n) is 6.89. The number of rotatable bonds is 4. The molecule has 0 aliphatic rings. The van der Waals surface area contributed by atoms with E-state index in [9.17, 15) is 27.5 Å². The smallest absolute Gasteiger partial charge is 0.392 e. The quantitative estimate of drug-likeness (QED) is 0.486. The van der Waals surface area contributed by atoms with E-state index < -0.39 is 23.5 Å². The van der Waals surface area contributed by atoms with Crippen LogP contribution in [0, 0.1) is 11.9 Å². The van der Waals surface area contributed by atoms with Crippen LogP contribution in [-0.2, 0) is 19.3 Å². The van der Waals surface area contributed by atoms with Gasteiger partial charge in [-0.25, -0.2) is 4.39 Å². The Bertz CT molecular complexity index is 1290. The maximum absolute atomic E-state index is 13.7. The molecule has 0 spiro atoms. The number of aliphatic hydroxyl groups excluding tert-OH is 1. The summed E-state index contributed by atoms with van der Waals surface area (Å²) < 4.78 is 54.7. The molecule has 4 nitrogen and oxygen atoms in total. The summed E-state index contributed by atoms with van der Waals surface area (Å²) in [7, 11) is 0. The highest BCUT2D eigenvalue weighted by Crippen LogP contribution is 2.35. The molecule has 3 aromatic carbocycles. The standard InChI is InChI=1S/C22H15F4N2O2/c23-17-7-5-12(8-16(17)22(24,25)26)10-28-18-3-1-2-15(21(27)30)20(18)14-6-4-13(11-29)9-19(14)28/h1-5,7-9,29H,10-11H2,(H2,27,30). The van der Waals surface area contributed by atoms with Crippen LogP contribution in [0.5, 0.6) is 0 Å². The summed E-state index contributed by atoms with van der Waals surface area (Å²) in [4.78, 5) is 11.9. The molecule has 0 aliphatic heterocycles. The number of aromatic nitrogens is 1. The Kier molecular flexibility index (Phi) is 4.74. The summed E-state index contributed by atoms with van der Waals surface area (Å²) in [6, 6.07) is 14.0. The maximum Gasteiger partial charge on any atom is 0.419 e. The molecule has 1 aromatic heterocycles. The van der Waals surface area contributed by atoms with Crippen molar-refractivity contribution in [2.75, 3.05) is 0 Å². The fourth-order valence-electron chi connectivity index (χ4n) is 3.64. The van der Waals surface area contributed by atoms with Crippen LogP contribution in [0.25, 0.3) is 21.8 Å². The topological polar surface area (TPSA) is 68.2 Å². The van der Waals surface area contributed by atoms with Crippen LogP contribution in [0.3, 0.4) is 0 Å². The van der Waals surface area contributed by atoms with Crippen molar-refractivity contribution in [1.82, 2.24) is 4.57 Å². The third-order valence-corrected chi connectivity index (χ3v) is 4.98. The predicted octanol–water partition coefficient (Wildman–Crippen LogP) is 4.39. The van der Waals surface area contributed by atoms with E-state index >= 15 is 0 Å². The number of aliphatic hydroxyl groups is 1. The number of hydrogen-bond donors (Lipinski definition) is 2. The zero-order chi connectivity index (χ0) is 21.6. The minimum atomic E-state index is -4.82. The first kappa shape index (κ1) is 19.9. The van der Waals surface area contributed by atoms with E-state index in [-0.39, 0.29) is 24.3 Å². The minimum absolute atomic E-state index is 0.0195. The zero-order valence-electron chi connectivity index (χ0n) is 15.4. The first-order valence-electron chi connectivity index (χ1n) is 8.92. The number of fused-ring (bicyclic) bond motifs is 3. The number of benzene rings is 3. The van der Waals surface area contributed by atoms with Crippen molar-refractivity contribution in [1.29, 1.82) is 0 Å². The summed E-state index contributed by atoms with van der Waals surface area (Å²) in [5.74, 6) is -2.00. The van der Waals surface area contributed by atoms with Gasteiger partial charge < -0.3 is 15.4 Å². The monoisotopic (exact) mass is 415 g/mol. The van der Waals surface area contributed by atoms with Gasteiger partial charge in [0.2, 0.25) is 5.91 Å². The molecule has 8 heteroatoms. The molecule has 4 aromatic rings. The lowest BCUT2D eigenvalue weighted by molar-refractivity contribution is -0.140. The van der Waals surface area contributed by atoms with Crippen LogP contribution < -0.4 is 5.73 Å². The van der Waals surface area contributed by atoms with Crippen molar-refractivity contribution in [3.63, 3.8) is 0 Å². The van der Waals surface area contributed by atoms with E-state index in [1.165, 1.54) is 6.07 Å². The average molecular weight is 415 g/mol. The molecule has 3 N–H and O–H groups in total. The molecule has 0 aliphatic carbocycles. The summed E-state index contributed by atoms with van der Waals surface area (Å²) in [6.07, 6.45) is -4.82. The number of nitrogens with two attached hydrogens (primary N) is 1. The van der Waals surface area contributed by atoms with Crippen molar-refractivity contribution < 1.29 is 27.5 Å². The fraction of sp³-hybridized carbons (Fsp3) is 0.136. The summed E-state index contributed by atoms with van der Waals surface area (Å²) in [5, 5.41) is 10.5. The number of halogens is 4. The van der Waals surface area contributed by atoms with Gasteiger partial charge in [0, 0.05) is 22.9 Å². The van der Waals surface area contributed by atoms with Crippen LogP contribution in [0.1, 0.15) is 27.0 Å². The summed E-state index contributed by atoms with van der Waals surface area (Å²) in [5.41, 5.74) is 6.29. The van der Waals surface area contributed by atoms with Gasteiger partial charge in [-0.15, -0.1) is 0 Å². The molecular weight excluding hydrogens is 400 g/mol. The number of primary amides is 1. The Hall–Kier alpha value is -3.39. The number of hydrogen-bond acceptors (Lipinski definition) is 2. The summed E-state index contributed by atoms with van der Waals surface area (Å²) in [6.45, 7) is -0.278. The van der Waals surface area contributed by atoms with Crippen LogP contribution in [0.15, 0.2) is 48.5 Å². The first-order chi connectivity index (χ1) is 14.2. The van der Waals surface area contributed by atoms with Crippen molar-refractivity contribution in [2.24, 2.45) is 5.73 Å². The van der Waals surface area contributed by atoms with E-state index in [1.54, 1.807) is 34.9 Å². The van der Waals surface area contributed by atoms with Crippen molar-refractivity contribution in [3.8, 4) is 0 Å². The van der Waals surface area contributed by atoms with Gasteiger partial charge in [0.25, 0.3) is 0 Å². The van der Waals surface area contributed by atoms with Gasteiger partial charge in [-0.05, 0) is 53.6 Å². The van der Waals surface area contributed by atoms with Crippen molar-refractivity contribution in [2.45, 2.75) is 19.3 Å². The van der Waals surface area contributed by atoms with Crippen molar-refractivity contribution >= 4 is 27.7 Å². The Morgan fingerprint density at radius 1 is 1.10 bits per heavy atom. The lowest BCUT2D eigenvalue weighted by Gasteiger charge is -2.12. The first-order valence-corrected chi connectivity index (χ1v) is 8.92. The number of carbonyl (C=O) groups is 1. The third-order valence-electron chi connectivity index (χ3n) is 4.98. The van der Waals surface area contributed by atoms with E-state index in [0.29, 0.717) is 27.4 Å². The Morgan fingerprint density at radius 3 is 2.53 bits per heavy atom. The second kappa shape index (κ2) is 7.14. The maximum atomic E-state index is 13.7. The third kappa shape index (κ3) is 3.29. The molecule has 153 valence electrons. The highest BCUT2D eigenvalue weighted by Gasteiger charge is 2.34. The minimum Gasteiger partial charge on any atom is -0.392 e. The van der Waals surface area contributed by atoms with Gasteiger partial charge in [0.15, 0.2) is 0 Å². The predicted molar refractivity (Wildman–Crippen MR) is 103 cm³/mol. The van der Waals surface area contributed by atoms with Crippen LogP contribution >= 0.6 is 0 Å². The fourth-order valence-corrected chi connectivity index (χ4v) is 3.64. The Balaban J connectivity index is 1.98. The number of nitrogens with zero attached hydrogens (tertiary/aromatic N) is 1. The van der Waals surface area contributed by atoms with Gasteiger partial charge in [0.05, 0.1) is 23.2 Å². The largest absolute Gasteiger partial charge is 0.419 e. The molecule has 30 heavy (non-hydrogen) atoms. The Labute approximate surface area is 168 Å².